The molecule has 5 rings (SSSR count). The van der Waals surface area contributed by atoms with E-state index in [-0.39, 0.29) is 18.1 Å². The van der Waals surface area contributed by atoms with Crippen molar-refractivity contribution in [2.75, 3.05) is 56.4 Å². The first kappa shape index (κ1) is 29.3. The van der Waals surface area contributed by atoms with Gasteiger partial charge in [-0.25, -0.2) is 9.98 Å². The second-order valence-electron chi connectivity index (χ2n) is 11.2. The fourth-order valence-electron chi connectivity index (χ4n) is 5.42. The van der Waals surface area contributed by atoms with Gasteiger partial charge in [-0.05, 0) is 46.2 Å². The first-order chi connectivity index (χ1) is 20.2. The zero-order valence-electron chi connectivity index (χ0n) is 25.2. The third-order valence-electron chi connectivity index (χ3n) is 7.42. The van der Waals surface area contributed by atoms with Crippen LogP contribution in [0.2, 0.25) is 0 Å². The molecule has 1 atom stereocenters. The van der Waals surface area contributed by atoms with Gasteiger partial charge in [0.25, 0.3) is 0 Å². The van der Waals surface area contributed by atoms with E-state index in [4.69, 9.17) is 14.5 Å². The Morgan fingerprint density at radius 1 is 1.21 bits per heavy atom. The van der Waals surface area contributed by atoms with Gasteiger partial charge >= 0.3 is 0 Å². The summed E-state index contributed by atoms with van der Waals surface area (Å²) in [6.45, 7) is 11.3. The number of likely N-dealkylation sites (N-methyl/N-ethyl adjacent to an activating group) is 2. The Labute approximate surface area is 247 Å². The first-order valence-electron chi connectivity index (χ1n) is 14.4. The van der Waals surface area contributed by atoms with E-state index in [0.29, 0.717) is 42.7 Å². The highest BCUT2D eigenvalue weighted by Gasteiger charge is 2.27. The van der Waals surface area contributed by atoms with Crippen molar-refractivity contribution in [3.05, 3.63) is 60.3 Å². The SMILES string of the molecule is C=CC(=O)Nc1cc(NC2=NC(c3c4n(c5ccccc35)CCOC4)CC=N2)c(OC(C)C)cc1N(C)CCN(C)C. The van der Waals surface area contributed by atoms with Crippen LogP contribution in [0.4, 0.5) is 17.1 Å². The average Bonchev–Trinajstić information content (AvgIpc) is 3.31. The molecule has 0 saturated carbocycles. The minimum atomic E-state index is -0.290. The van der Waals surface area contributed by atoms with Crippen molar-refractivity contribution in [3.63, 3.8) is 0 Å². The molecule has 0 saturated heterocycles. The summed E-state index contributed by atoms with van der Waals surface area (Å²) >= 11 is 0. The lowest BCUT2D eigenvalue weighted by molar-refractivity contribution is -0.111. The van der Waals surface area contributed by atoms with Crippen LogP contribution >= 0.6 is 0 Å². The lowest BCUT2D eigenvalue weighted by atomic mass is 10.00. The normalized spacial score (nSPS) is 16.4. The van der Waals surface area contributed by atoms with Crippen molar-refractivity contribution < 1.29 is 14.3 Å². The van der Waals surface area contributed by atoms with Crippen molar-refractivity contribution in [1.82, 2.24) is 9.47 Å². The molecule has 3 aromatic rings. The predicted molar refractivity (Wildman–Crippen MR) is 171 cm³/mol. The zero-order valence-corrected chi connectivity index (χ0v) is 25.2. The summed E-state index contributed by atoms with van der Waals surface area (Å²) < 4.78 is 14.5. The second kappa shape index (κ2) is 12.8. The van der Waals surface area contributed by atoms with E-state index in [1.165, 1.54) is 28.2 Å². The highest BCUT2D eigenvalue weighted by atomic mass is 16.5. The number of nitrogens with one attached hydrogen (secondary N) is 2. The lowest BCUT2D eigenvalue weighted by Crippen LogP contribution is -2.29. The van der Waals surface area contributed by atoms with Crippen molar-refractivity contribution in [2.45, 2.75) is 45.6 Å². The summed E-state index contributed by atoms with van der Waals surface area (Å²) in [5.74, 6) is 0.838. The van der Waals surface area contributed by atoms with Gasteiger partial charge in [-0.15, -0.1) is 0 Å². The van der Waals surface area contributed by atoms with Gasteiger partial charge in [0.2, 0.25) is 11.9 Å². The molecular formula is C32H41N7O3. The molecule has 10 nitrogen and oxygen atoms in total. The summed E-state index contributed by atoms with van der Waals surface area (Å²) in [5, 5.41) is 7.58. The number of hydrogen-bond donors (Lipinski definition) is 2. The van der Waals surface area contributed by atoms with Crippen molar-refractivity contribution in [3.8, 4) is 5.75 Å². The third-order valence-corrected chi connectivity index (χ3v) is 7.42. The van der Waals surface area contributed by atoms with E-state index in [0.717, 1.165) is 25.3 Å². The third kappa shape index (κ3) is 6.34. The molecule has 0 fully saturated rings. The lowest BCUT2D eigenvalue weighted by Gasteiger charge is -2.27. The van der Waals surface area contributed by atoms with E-state index < -0.39 is 0 Å². The molecule has 0 aliphatic carbocycles. The Morgan fingerprint density at radius 3 is 2.79 bits per heavy atom. The van der Waals surface area contributed by atoms with Crippen LogP contribution < -0.4 is 20.3 Å². The molecule has 2 aliphatic heterocycles. The van der Waals surface area contributed by atoms with E-state index in [1.54, 1.807) is 0 Å². The molecule has 10 heteroatoms. The van der Waals surface area contributed by atoms with Gasteiger partial charge in [0.05, 0.1) is 48.1 Å². The number of carbonyl (C=O) groups is 1. The summed E-state index contributed by atoms with van der Waals surface area (Å²) in [4.78, 5) is 26.3. The summed E-state index contributed by atoms with van der Waals surface area (Å²) in [7, 11) is 6.07. The number of aliphatic imine (C=N–C) groups is 2. The number of para-hydroxylation sites is 1. The summed E-state index contributed by atoms with van der Waals surface area (Å²) in [5.41, 5.74) is 5.72. The average molecular weight is 572 g/mol. The number of benzene rings is 2. The second-order valence-corrected chi connectivity index (χ2v) is 11.2. The van der Waals surface area contributed by atoms with Crippen LogP contribution in [-0.4, -0.2) is 74.5 Å². The van der Waals surface area contributed by atoms with Crippen LogP contribution in [0.1, 0.15) is 37.6 Å². The molecule has 0 radical (unpaired) electrons. The molecule has 1 unspecified atom stereocenters. The van der Waals surface area contributed by atoms with Gasteiger partial charge in [0, 0.05) is 61.9 Å². The standard InChI is InChI=1S/C32H41N7O3/c1-7-30(40)34-24-18-25(29(42-21(2)3)19-27(24)38(6)15-14-37(4)5)36-32-33-13-12-23(35-32)31-22-10-8-9-11-26(22)39-16-17-41-20-28(31)39/h7-11,13,18-19,21,23H,1,12,14-17,20H2,2-6H3,(H,34,40)(H,35,36). The van der Waals surface area contributed by atoms with E-state index in [1.807, 2.05) is 53.3 Å². The van der Waals surface area contributed by atoms with Crippen LogP contribution in [0.5, 0.6) is 5.75 Å². The molecule has 1 aromatic heterocycles. The quantitative estimate of drug-likeness (QED) is 0.330. The largest absolute Gasteiger partial charge is 0.489 e. The van der Waals surface area contributed by atoms with Gasteiger partial charge in [-0.3, -0.25) is 4.79 Å². The smallest absolute Gasteiger partial charge is 0.247 e. The number of hydrogen-bond acceptors (Lipinski definition) is 8. The van der Waals surface area contributed by atoms with Gasteiger partial charge in [-0.1, -0.05) is 24.8 Å². The van der Waals surface area contributed by atoms with Crippen molar-refractivity contribution in [2.24, 2.45) is 9.98 Å². The van der Waals surface area contributed by atoms with E-state index in [2.05, 4.69) is 60.8 Å². The predicted octanol–water partition coefficient (Wildman–Crippen LogP) is 5.06. The number of fused-ring (bicyclic) bond motifs is 3. The van der Waals surface area contributed by atoms with E-state index >= 15 is 0 Å². The topological polar surface area (TPSA) is 95.7 Å². The Bertz CT molecular complexity index is 1520. The Morgan fingerprint density at radius 2 is 2.02 bits per heavy atom. The van der Waals surface area contributed by atoms with Crippen LogP contribution in [0.25, 0.3) is 10.9 Å². The molecule has 0 spiro atoms. The minimum absolute atomic E-state index is 0.0668. The molecule has 0 bridgehead atoms. The van der Waals surface area contributed by atoms with Crippen LogP contribution in [0.15, 0.2) is 59.0 Å². The van der Waals surface area contributed by atoms with Crippen molar-refractivity contribution in [1.29, 1.82) is 0 Å². The minimum Gasteiger partial charge on any atom is -0.489 e. The number of carbonyl (C=O) groups excluding carboxylic acids is 1. The molecule has 42 heavy (non-hydrogen) atoms. The number of rotatable bonds is 10. The number of amides is 1. The number of aromatic nitrogens is 1. The summed E-state index contributed by atoms with van der Waals surface area (Å²) in [6, 6.07) is 12.2. The number of anilines is 3. The Kier molecular flexibility index (Phi) is 8.94. The molecule has 3 heterocycles. The number of nitrogens with zero attached hydrogens (tertiary/aromatic N) is 5. The highest BCUT2D eigenvalue weighted by molar-refractivity contribution is 6.05. The molecule has 2 aliphatic rings. The monoisotopic (exact) mass is 571 g/mol. The number of ether oxygens (including phenoxy) is 2. The first-order valence-corrected chi connectivity index (χ1v) is 14.4. The highest BCUT2D eigenvalue weighted by Crippen LogP contribution is 2.40. The Hall–Kier alpha value is -4.15. The molecule has 1 amide bonds. The van der Waals surface area contributed by atoms with Gasteiger partial charge < -0.3 is 34.5 Å². The van der Waals surface area contributed by atoms with E-state index in [9.17, 15) is 4.79 Å². The maximum absolute atomic E-state index is 12.4. The van der Waals surface area contributed by atoms with Gasteiger partial charge in [0.15, 0.2) is 0 Å². The molecule has 2 aromatic carbocycles. The Balaban J connectivity index is 1.52. The maximum atomic E-state index is 12.4. The number of guanidine groups is 1. The fourth-order valence-corrected chi connectivity index (χ4v) is 5.42. The maximum Gasteiger partial charge on any atom is 0.247 e. The zero-order chi connectivity index (χ0) is 29.8. The molecule has 2 N–H and O–H groups in total. The van der Waals surface area contributed by atoms with Crippen molar-refractivity contribution >= 4 is 46.0 Å². The van der Waals surface area contributed by atoms with Gasteiger partial charge in [0.1, 0.15) is 5.75 Å². The van der Waals surface area contributed by atoms with Crippen LogP contribution in [0, 0.1) is 0 Å². The molecule has 222 valence electrons. The fraction of sp³-hybridized carbons (Fsp3) is 0.406. The summed E-state index contributed by atoms with van der Waals surface area (Å²) in [6.07, 6.45) is 3.80. The van der Waals surface area contributed by atoms with Crippen LogP contribution in [0.3, 0.4) is 0 Å². The van der Waals surface area contributed by atoms with Crippen LogP contribution in [-0.2, 0) is 22.7 Å². The van der Waals surface area contributed by atoms with Gasteiger partial charge in [-0.2, -0.15) is 0 Å². The molecular weight excluding hydrogens is 530 g/mol.